The van der Waals surface area contributed by atoms with E-state index in [1.807, 2.05) is 48.2 Å². The first-order chi connectivity index (χ1) is 13.5. The van der Waals surface area contributed by atoms with Crippen molar-refractivity contribution >= 4 is 27.5 Å². The fraction of sp³-hybridized carbons (Fsp3) is 0.364. The molecule has 0 saturated carbocycles. The number of rotatable bonds is 4. The lowest BCUT2D eigenvalue weighted by Gasteiger charge is -2.31. The van der Waals surface area contributed by atoms with Gasteiger partial charge in [-0.25, -0.2) is 4.98 Å². The van der Waals surface area contributed by atoms with Crippen molar-refractivity contribution in [2.45, 2.75) is 32.8 Å². The topological polar surface area (TPSA) is 51.7 Å². The second-order valence-corrected chi connectivity index (χ2v) is 8.22. The maximum absolute atomic E-state index is 12.8. The van der Waals surface area contributed by atoms with E-state index in [4.69, 9.17) is 9.47 Å². The van der Waals surface area contributed by atoms with Crippen LogP contribution in [0.3, 0.4) is 0 Å². The number of methoxy groups -OCH3 is 1. The number of amides is 1. The summed E-state index contributed by atoms with van der Waals surface area (Å²) in [6.07, 6.45) is 1.72. The molecule has 0 atom stereocenters. The zero-order valence-corrected chi connectivity index (χ0v) is 17.2. The van der Waals surface area contributed by atoms with E-state index in [9.17, 15) is 4.79 Å². The zero-order chi connectivity index (χ0) is 19.7. The second-order valence-electron chi connectivity index (χ2n) is 7.22. The van der Waals surface area contributed by atoms with Crippen LogP contribution in [0.15, 0.2) is 36.4 Å². The highest BCUT2D eigenvalue weighted by molar-refractivity contribution is 7.20. The lowest BCUT2D eigenvalue weighted by Crippen LogP contribution is -2.41. The number of benzene rings is 2. The average Bonchev–Trinajstić information content (AvgIpc) is 3.11. The van der Waals surface area contributed by atoms with Crippen LogP contribution in [0.1, 0.15) is 34.3 Å². The number of carbonyl (C=O) groups excluding carboxylic acids is 1. The molecule has 6 heteroatoms. The molecule has 2 heterocycles. The van der Waals surface area contributed by atoms with Crippen LogP contribution in [0.5, 0.6) is 10.9 Å². The monoisotopic (exact) mass is 396 g/mol. The van der Waals surface area contributed by atoms with Crippen molar-refractivity contribution in [3.63, 3.8) is 0 Å². The molecule has 0 aliphatic carbocycles. The Labute approximate surface area is 168 Å². The zero-order valence-electron chi connectivity index (χ0n) is 16.4. The van der Waals surface area contributed by atoms with Gasteiger partial charge >= 0.3 is 0 Å². The van der Waals surface area contributed by atoms with E-state index in [0.717, 1.165) is 39.9 Å². The molecule has 28 heavy (non-hydrogen) atoms. The number of hydrogen-bond acceptors (Lipinski definition) is 5. The molecule has 1 amide bonds. The van der Waals surface area contributed by atoms with Gasteiger partial charge in [-0.3, -0.25) is 4.79 Å². The summed E-state index contributed by atoms with van der Waals surface area (Å²) in [6.45, 7) is 5.51. The summed E-state index contributed by atoms with van der Waals surface area (Å²) >= 11 is 1.53. The first-order valence-corrected chi connectivity index (χ1v) is 10.3. The number of ether oxygens (including phenoxy) is 2. The van der Waals surface area contributed by atoms with Gasteiger partial charge in [0.2, 0.25) is 0 Å². The van der Waals surface area contributed by atoms with E-state index in [0.29, 0.717) is 18.3 Å². The molecule has 1 saturated heterocycles. The third-order valence-electron chi connectivity index (χ3n) is 5.33. The standard InChI is InChI=1S/C22H24N2O3S/c1-14-4-5-16(12-15(14)2)21(25)24-10-8-17(9-11-24)27-22-23-19-7-6-18(26-3)13-20(19)28-22/h4-7,12-13,17H,8-11H2,1-3H3. The Morgan fingerprint density at radius 3 is 2.61 bits per heavy atom. The van der Waals surface area contributed by atoms with Crippen LogP contribution >= 0.6 is 11.3 Å². The molecule has 1 aromatic heterocycles. The largest absolute Gasteiger partial charge is 0.497 e. The van der Waals surface area contributed by atoms with Crippen molar-refractivity contribution in [2.24, 2.45) is 0 Å². The van der Waals surface area contributed by atoms with Crippen LogP contribution in [0.2, 0.25) is 0 Å². The fourth-order valence-electron chi connectivity index (χ4n) is 3.44. The van der Waals surface area contributed by atoms with Crippen molar-refractivity contribution in [3.05, 3.63) is 53.1 Å². The highest BCUT2D eigenvalue weighted by Gasteiger charge is 2.25. The van der Waals surface area contributed by atoms with Crippen molar-refractivity contribution in [1.29, 1.82) is 0 Å². The maximum Gasteiger partial charge on any atom is 0.274 e. The average molecular weight is 397 g/mol. The van der Waals surface area contributed by atoms with Crippen LogP contribution < -0.4 is 9.47 Å². The molecule has 0 unspecified atom stereocenters. The van der Waals surface area contributed by atoms with Gasteiger partial charge in [0.05, 0.1) is 17.3 Å². The smallest absolute Gasteiger partial charge is 0.274 e. The van der Waals surface area contributed by atoms with Crippen LogP contribution in [-0.4, -0.2) is 42.1 Å². The number of fused-ring (bicyclic) bond motifs is 1. The summed E-state index contributed by atoms with van der Waals surface area (Å²) in [7, 11) is 1.66. The number of aromatic nitrogens is 1. The number of aryl methyl sites for hydroxylation is 2. The fourth-order valence-corrected chi connectivity index (χ4v) is 4.35. The Morgan fingerprint density at radius 1 is 1.11 bits per heavy atom. The van der Waals surface area contributed by atoms with E-state index in [1.54, 1.807) is 7.11 Å². The summed E-state index contributed by atoms with van der Waals surface area (Å²) in [5.41, 5.74) is 4.04. The summed E-state index contributed by atoms with van der Waals surface area (Å²) < 4.78 is 12.4. The molecular weight excluding hydrogens is 372 g/mol. The predicted octanol–water partition coefficient (Wildman–Crippen LogP) is 4.61. The Morgan fingerprint density at radius 2 is 1.89 bits per heavy atom. The van der Waals surface area contributed by atoms with Crippen molar-refractivity contribution < 1.29 is 14.3 Å². The molecule has 146 valence electrons. The normalized spacial score (nSPS) is 15.0. The van der Waals surface area contributed by atoms with Gasteiger partial charge in [-0.05, 0) is 55.3 Å². The van der Waals surface area contributed by atoms with Crippen molar-refractivity contribution in [1.82, 2.24) is 9.88 Å². The minimum absolute atomic E-state index is 0.0891. The number of thiazole rings is 1. The summed E-state index contributed by atoms with van der Waals surface area (Å²) in [5.74, 6) is 0.925. The quantitative estimate of drug-likeness (QED) is 0.646. The molecule has 0 N–H and O–H groups in total. The Kier molecular flexibility index (Phi) is 5.22. The molecular formula is C22H24N2O3S. The molecule has 0 spiro atoms. The third-order valence-corrected chi connectivity index (χ3v) is 6.24. The van der Waals surface area contributed by atoms with Crippen LogP contribution in [0.25, 0.3) is 10.2 Å². The molecule has 3 aromatic rings. The van der Waals surface area contributed by atoms with E-state index in [-0.39, 0.29) is 12.0 Å². The number of likely N-dealkylation sites (tertiary alicyclic amines) is 1. The predicted molar refractivity (Wildman–Crippen MR) is 112 cm³/mol. The number of hydrogen-bond donors (Lipinski definition) is 0. The van der Waals surface area contributed by atoms with Crippen LogP contribution in [0.4, 0.5) is 0 Å². The van der Waals surface area contributed by atoms with Gasteiger partial charge in [-0.1, -0.05) is 17.4 Å². The van der Waals surface area contributed by atoms with Gasteiger partial charge in [-0.15, -0.1) is 0 Å². The summed E-state index contributed by atoms with van der Waals surface area (Å²) in [6, 6.07) is 11.7. The molecule has 5 nitrogen and oxygen atoms in total. The van der Waals surface area contributed by atoms with Crippen molar-refractivity contribution in [2.75, 3.05) is 20.2 Å². The minimum Gasteiger partial charge on any atom is -0.497 e. The molecule has 1 aliphatic rings. The van der Waals surface area contributed by atoms with Gasteiger partial charge in [-0.2, -0.15) is 0 Å². The van der Waals surface area contributed by atoms with E-state index >= 15 is 0 Å². The van der Waals surface area contributed by atoms with Gasteiger partial charge in [0, 0.05) is 31.5 Å². The molecule has 0 bridgehead atoms. The SMILES string of the molecule is COc1ccc2nc(OC3CCN(C(=O)c4ccc(C)c(C)c4)CC3)sc2c1. The van der Waals surface area contributed by atoms with Gasteiger partial charge in [0.1, 0.15) is 11.9 Å². The van der Waals surface area contributed by atoms with E-state index in [1.165, 1.54) is 16.9 Å². The first kappa shape index (κ1) is 18.7. The van der Waals surface area contributed by atoms with Gasteiger partial charge in [0.25, 0.3) is 11.1 Å². The van der Waals surface area contributed by atoms with E-state index in [2.05, 4.69) is 11.9 Å². The number of piperidine rings is 1. The van der Waals surface area contributed by atoms with Gasteiger partial charge in [0.15, 0.2) is 0 Å². The minimum atomic E-state index is 0.0891. The highest BCUT2D eigenvalue weighted by atomic mass is 32.1. The highest BCUT2D eigenvalue weighted by Crippen LogP contribution is 2.32. The maximum atomic E-state index is 12.8. The Bertz CT molecular complexity index is 1010. The number of carbonyl (C=O) groups is 1. The van der Waals surface area contributed by atoms with Crippen molar-refractivity contribution in [3.8, 4) is 10.9 Å². The molecule has 4 rings (SSSR count). The molecule has 1 fully saturated rings. The summed E-state index contributed by atoms with van der Waals surface area (Å²) in [5, 5.41) is 0.683. The summed E-state index contributed by atoms with van der Waals surface area (Å²) in [4.78, 5) is 19.3. The van der Waals surface area contributed by atoms with Gasteiger partial charge < -0.3 is 14.4 Å². The van der Waals surface area contributed by atoms with Crippen LogP contribution in [-0.2, 0) is 0 Å². The van der Waals surface area contributed by atoms with Crippen LogP contribution in [0, 0.1) is 13.8 Å². The Balaban J connectivity index is 1.37. The molecule has 0 radical (unpaired) electrons. The lowest BCUT2D eigenvalue weighted by atomic mass is 10.0. The Hall–Kier alpha value is -2.60. The lowest BCUT2D eigenvalue weighted by molar-refractivity contribution is 0.0595. The number of nitrogens with zero attached hydrogens (tertiary/aromatic N) is 2. The third kappa shape index (κ3) is 3.83. The first-order valence-electron chi connectivity index (χ1n) is 9.51. The molecule has 2 aromatic carbocycles. The molecule has 1 aliphatic heterocycles. The van der Waals surface area contributed by atoms with E-state index < -0.39 is 0 Å². The second kappa shape index (κ2) is 7.80.